The Morgan fingerprint density at radius 3 is 2.87 bits per heavy atom. The predicted octanol–water partition coefficient (Wildman–Crippen LogP) is 6.21. The van der Waals surface area contributed by atoms with Gasteiger partial charge in [0.15, 0.2) is 0 Å². The minimum Gasteiger partial charge on any atom is -0.453 e. The van der Waals surface area contributed by atoms with Crippen molar-refractivity contribution in [2.45, 2.75) is 37.8 Å². The molecule has 0 saturated carbocycles. The molecule has 0 radical (unpaired) electrons. The van der Waals surface area contributed by atoms with Gasteiger partial charge in [-0.1, -0.05) is 35.9 Å². The van der Waals surface area contributed by atoms with Gasteiger partial charge in [-0.05, 0) is 48.7 Å². The van der Waals surface area contributed by atoms with Gasteiger partial charge in [-0.2, -0.15) is 0 Å². The lowest BCUT2D eigenvalue weighted by molar-refractivity contribution is -0.116. The number of carbonyl (C=O) groups is 3. The van der Waals surface area contributed by atoms with Crippen LogP contribution in [0.25, 0.3) is 11.3 Å². The number of aromatic nitrogens is 2. The van der Waals surface area contributed by atoms with Crippen LogP contribution in [-0.4, -0.2) is 46.6 Å². The van der Waals surface area contributed by atoms with E-state index in [0.29, 0.717) is 59.3 Å². The summed E-state index contributed by atoms with van der Waals surface area (Å²) >= 11 is 6.14. The van der Waals surface area contributed by atoms with Gasteiger partial charge in [0.1, 0.15) is 11.9 Å². The molecule has 2 bridgehead atoms. The Morgan fingerprint density at radius 2 is 2.08 bits per heavy atom. The lowest BCUT2D eigenvalue weighted by atomic mass is 10.0. The molecule has 0 spiro atoms. The van der Waals surface area contributed by atoms with Gasteiger partial charge in [-0.3, -0.25) is 15.0 Å². The number of benzene rings is 2. The number of halogens is 1. The summed E-state index contributed by atoms with van der Waals surface area (Å²) in [6.07, 6.45) is 6.04. The third-order valence-corrected chi connectivity index (χ3v) is 6.93. The van der Waals surface area contributed by atoms with Gasteiger partial charge in [0.25, 0.3) is 0 Å². The maximum atomic E-state index is 13.2. The minimum absolute atomic E-state index is 0.168. The fraction of sp³-hybridized carbons (Fsp3) is 0.286. The molecular weight excluding hydrogens is 522 g/mol. The zero-order chi connectivity index (χ0) is 27.4. The number of imidazole rings is 1. The molecule has 2 aromatic carbocycles. The Kier molecular flexibility index (Phi) is 7.83. The maximum Gasteiger partial charge on any atom is 0.411 e. The van der Waals surface area contributed by atoms with Crippen LogP contribution in [0.5, 0.6) is 0 Å². The van der Waals surface area contributed by atoms with Crippen LogP contribution >= 0.6 is 11.6 Å². The number of nitrogens with one attached hydrogen (secondary N) is 3. The van der Waals surface area contributed by atoms with E-state index in [0.717, 1.165) is 5.56 Å². The number of rotatable bonds is 3. The number of amides is 3. The third-order valence-electron chi connectivity index (χ3n) is 6.70. The topological polar surface area (TPSA) is 126 Å². The average Bonchev–Trinajstić information content (AvgIpc) is 3.40. The van der Waals surface area contributed by atoms with Gasteiger partial charge >= 0.3 is 12.2 Å². The van der Waals surface area contributed by atoms with Gasteiger partial charge in [-0.25, -0.2) is 14.6 Å². The number of carbonyl (C=O) groups excluding carboxylic acids is 3. The summed E-state index contributed by atoms with van der Waals surface area (Å²) in [5.74, 6) is 0.430. The first-order chi connectivity index (χ1) is 18.9. The highest BCUT2D eigenvalue weighted by molar-refractivity contribution is 6.30. The van der Waals surface area contributed by atoms with Crippen molar-refractivity contribution in [3.05, 3.63) is 77.2 Å². The molecule has 3 N–H and O–H groups in total. The van der Waals surface area contributed by atoms with E-state index in [4.69, 9.17) is 16.3 Å². The van der Waals surface area contributed by atoms with Crippen LogP contribution in [0.1, 0.15) is 49.2 Å². The van der Waals surface area contributed by atoms with Crippen molar-refractivity contribution in [3.63, 3.8) is 0 Å². The van der Waals surface area contributed by atoms with E-state index in [-0.39, 0.29) is 18.4 Å². The number of cyclic esters (lactones) is 1. The van der Waals surface area contributed by atoms with Crippen molar-refractivity contribution < 1.29 is 23.9 Å². The van der Waals surface area contributed by atoms with Crippen LogP contribution in [0.3, 0.4) is 0 Å². The molecule has 3 amide bonds. The second-order valence-electron chi connectivity index (χ2n) is 9.28. The summed E-state index contributed by atoms with van der Waals surface area (Å²) in [5, 5.41) is 6.13. The monoisotopic (exact) mass is 549 g/mol. The summed E-state index contributed by atoms with van der Waals surface area (Å²) in [7, 11) is 1.28. The van der Waals surface area contributed by atoms with Crippen molar-refractivity contribution in [2.75, 3.05) is 24.3 Å². The maximum absolute atomic E-state index is 13.2. The predicted molar refractivity (Wildman–Crippen MR) is 146 cm³/mol. The number of hydrogen-bond donors (Lipinski definition) is 3. The Morgan fingerprint density at radius 1 is 1.21 bits per heavy atom. The van der Waals surface area contributed by atoms with Crippen LogP contribution in [0.2, 0.25) is 5.02 Å². The highest BCUT2D eigenvalue weighted by Crippen LogP contribution is 2.36. The van der Waals surface area contributed by atoms with E-state index < -0.39 is 18.2 Å². The summed E-state index contributed by atoms with van der Waals surface area (Å²) in [6.45, 7) is 0.476. The van der Waals surface area contributed by atoms with Gasteiger partial charge in [0.05, 0.1) is 30.7 Å². The van der Waals surface area contributed by atoms with Crippen LogP contribution in [-0.2, 0) is 14.3 Å². The third kappa shape index (κ3) is 6.06. The molecule has 3 aromatic rings. The smallest absolute Gasteiger partial charge is 0.411 e. The molecular formula is C28H28ClN5O5. The number of fused-ring (bicyclic) bond motifs is 4. The molecule has 1 aromatic heterocycles. The lowest BCUT2D eigenvalue weighted by Gasteiger charge is -2.36. The molecule has 11 heteroatoms. The first-order valence-electron chi connectivity index (χ1n) is 12.6. The zero-order valence-corrected chi connectivity index (χ0v) is 22.0. The molecule has 2 aliphatic heterocycles. The first-order valence-corrected chi connectivity index (χ1v) is 13.0. The largest absolute Gasteiger partial charge is 0.453 e. The van der Waals surface area contributed by atoms with Crippen molar-refractivity contribution in [1.82, 2.24) is 14.9 Å². The summed E-state index contributed by atoms with van der Waals surface area (Å²) < 4.78 is 10.5. The highest BCUT2D eigenvalue weighted by atomic mass is 35.5. The molecule has 1 fully saturated rings. The Balaban J connectivity index is 1.43. The van der Waals surface area contributed by atoms with Crippen LogP contribution < -0.4 is 10.6 Å². The fourth-order valence-electron chi connectivity index (χ4n) is 4.75. The second kappa shape index (κ2) is 11.6. The van der Waals surface area contributed by atoms with Crippen molar-refractivity contribution in [2.24, 2.45) is 0 Å². The van der Waals surface area contributed by atoms with E-state index in [1.165, 1.54) is 7.11 Å². The number of allylic oxidation sites excluding steroid dienone is 1. The standard InChI is InChI=1S/C28H28ClN5O5/c1-38-27(36)31-19-10-11-20-21(15-19)32-25(35)9-4-2-3-8-23(26-30-16-22(20)33-26)34-13-12-24(39-28(34)37)17-6-5-7-18(29)14-17/h2-3,5-7,10-11,14-16,23-24H,4,8-9,12-13H2,1H3,(H,30,33)(H,31,36)(H,32,35). The zero-order valence-electron chi connectivity index (χ0n) is 21.3. The molecule has 3 heterocycles. The average molecular weight is 550 g/mol. The minimum atomic E-state index is -0.617. The molecule has 1 saturated heterocycles. The van der Waals surface area contributed by atoms with Crippen molar-refractivity contribution >= 4 is 41.1 Å². The molecule has 10 nitrogen and oxygen atoms in total. The Bertz CT molecular complexity index is 1420. The van der Waals surface area contributed by atoms with Crippen LogP contribution in [0.4, 0.5) is 21.0 Å². The van der Waals surface area contributed by atoms with Gasteiger partial charge in [-0.15, -0.1) is 0 Å². The summed E-state index contributed by atoms with van der Waals surface area (Å²) in [5.41, 5.74) is 3.17. The number of nitrogens with zero attached hydrogens (tertiary/aromatic N) is 2. The number of hydrogen-bond acceptors (Lipinski definition) is 6. The molecule has 2 aliphatic rings. The molecule has 202 valence electrons. The number of methoxy groups -OCH3 is 1. The van der Waals surface area contributed by atoms with Crippen LogP contribution in [0, 0.1) is 0 Å². The van der Waals surface area contributed by atoms with E-state index in [1.807, 2.05) is 30.4 Å². The summed E-state index contributed by atoms with van der Waals surface area (Å²) in [4.78, 5) is 47.2. The molecule has 2 atom stereocenters. The van der Waals surface area contributed by atoms with E-state index in [1.54, 1.807) is 35.4 Å². The Hall–Kier alpha value is -4.31. The highest BCUT2D eigenvalue weighted by Gasteiger charge is 2.35. The Labute approximate surface area is 230 Å². The fourth-order valence-corrected chi connectivity index (χ4v) is 4.95. The number of anilines is 2. The van der Waals surface area contributed by atoms with Crippen LogP contribution in [0.15, 0.2) is 60.8 Å². The molecule has 5 rings (SSSR count). The molecule has 0 aliphatic carbocycles. The quantitative estimate of drug-likeness (QED) is 0.333. The van der Waals surface area contributed by atoms with Gasteiger partial charge in [0.2, 0.25) is 5.91 Å². The second-order valence-corrected chi connectivity index (χ2v) is 9.71. The van der Waals surface area contributed by atoms with Gasteiger partial charge in [0, 0.05) is 35.7 Å². The van der Waals surface area contributed by atoms with E-state index in [2.05, 4.69) is 25.3 Å². The molecule has 2 unspecified atom stereocenters. The van der Waals surface area contributed by atoms with E-state index >= 15 is 0 Å². The molecule has 39 heavy (non-hydrogen) atoms. The number of aromatic amines is 1. The lowest BCUT2D eigenvalue weighted by Crippen LogP contribution is -2.41. The number of H-pyrrole nitrogens is 1. The van der Waals surface area contributed by atoms with Crippen molar-refractivity contribution in [3.8, 4) is 11.3 Å². The van der Waals surface area contributed by atoms with Crippen molar-refractivity contribution in [1.29, 1.82) is 0 Å². The number of ether oxygens (including phenoxy) is 2. The summed E-state index contributed by atoms with van der Waals surface area (Å²) in [6, 6.07) is 12.1. The van der Waals surface area contributed by atoms with Gasteiger partial charge < -0.3 is 19.8 Å². The van der Waals surface area contributed by atoms with E-state index in [9.17, 15) is 14.4 Å². The normalized spacial score (nSPS) is 19.5. The SMILES string of the molecule is COC(=O)Nc1ccc2c(c1)NC(=O)CCC=CCC(N1CCC(c3cccc(Cl)c3)OC1=O)c1ncc-2[nH]1. The first kappa shape index (κ1) is 26.3.